The van der Waals surface area contributed by atoms with Gasteiger partial charge in [-0.15, -0.1) is 16.4 Å². The molecule has 4 aromatic rings. The van der Waals surface area contributed by atoms with Crippen molar-refractivity contribution in [1.82, 2.24) is 25.6 Å². The fourth-order valence-corrected chi connectivity index (χ4v) is 3.52. The van der Waals surface area contributed by atoms with Crippen LogP contribution in [0.15, 0.2) is 35.8 Å². The molecule has 0 atom stereocenters. The summed E-state index contributed by atoms with van der Waals surface area (Å²) in [4.78, 5) is 4.42. The van der Waals surface area contributed by atoms with Crippen LogP contribution in [0.25, 0.3) is 32.7 Å². The first-order valence-electron chi connectivity index (χ1n) is 6.33. The quantitative estimate of drug-likeness (QED) is 0.587. The Morgan fingerprint density at radius 3 is 2.86 bits per heavy atom. The van der Waals surface area contributed by atoms with E-state index in [2.05, 4.69) is 25.6 Å². The number of aromatic nitrogens is 5. The molecule has 0 aliphatic rings. The molecule has 2 N–H and O–H groups in total. The van der Waals surface area contributed by atoms with Crippen LogP contribution in [0.1, 0.15) is 0 Å². The topological polar surface area (TPSA) is 87.6 Å². The number of halogens is 1. The van der Waals surface area contributed by atoms with E-state index in [9.17, 15) is 5.11 Å². The van der Waals surface area contributed by atoms with E-state index in [1.807, 2.05) is 11.4 Å². The minimum absolute atomic E-state index is 0.174. The largest absolute Gasteiger partial charge is 0.507 e. The lowest BCUT2D eigenvalue weighted by Crippen LogP contribution is -1.85. The Morgan fingerprint density at radius 1 is 1.14 bits per heavy atom. The van der Waals surface area contributed by atoms with Crippen molar-refractivity contribution >= 4 is 33.2 Å². The third-order valence-corrected chi connectivity index (χ3v) is 4.54. The van der Waals surface area contributed by atoms with Gasteiger partial charge in [-0.1, -0.05) is 11.6 Å². The molecular weight excluding hydrogens is 322 g/mol. The molecule has 0 radical (unpaired) electrons. The number of hydrogen-bond donors (Lipinski definition) is 2. The maximum absolute atomic E-state index is 10.1. The van der Waals surface area contributed by atoms with Crippen molar-refractivity contribution in [2.75, 3.05) is 0 Å². The molecule has 0 bridgehead atoms. The minimum atomic E-state index is 0.174. The van der Waals surface area contributed by atoms with Crippen molar-refractivity contribution in [3.8, 4) is 28.3 Å². The van der Waals surface area contributed by atoms with Gasteiger partial charge in [0.25, 0.3) is 0 Å². The van der Waals surface area contributed by atoms with Crippen LogP contribution in [-0.4, -0.2) is 30.7 Å². The fraction of sp³-hybridized carbons (Fsp3) is 0. The first-order valence-corrected chi connectivity index (χ1v) is 7.59. The first-order chi connectivity index (χ1) is 10.7. The standard InChI is InChI=1S/C14H8ClN5OS/c15-7-1-2-11(21)9(5-7)8-3-4-16-12-10(6-22-13(8)12)14-17-19-20-18-14/h1-6,21H,(H,17,18,19,20). The highest BCUT2D eigenvalue weighted by Crippen LogP contribution is 2.40. The number of phenols is 1. The Kier molecular flexibility index (Phi) is 3.02. The Morgan fingerprint density at radius 2 is 2.05 bits per heavy atom. The van der Waals surface area contributed by atoms with Crippen LogP contribution in [0.5, 0.6) is 5.75 Å². The summed E-state index contributed by atoms with van der Waals surface area (Å²) in [5.41, 5.74) is 3.14. The van der Waals surface area contributed by atoms with Crippen molar-refractivity contribution in [1.29, 1.82) is 0 Å². The van der Waals surface area contributed by atoms with E-state index in [1.54, 1.807) is 24.4 Å². The normalized spacial score (nSPS) is 11.1. The molecule has 0 saturated carbocycles. The Labute approximate surface area is 133 Å². The predicted octanol–water partition coefficient (Wildman–Crippen LogP) is 3.50. The number of rotatable bonds is 2. The fourth-order valence-electron chi connectivity index (χ4n) is 2.31. The highest BCUT2D eigenvalue weighted by Gasteiger charge is 2.16. The molecule has 0 fully saturated rings. The summed E-state index contributed by atoms with van der Waals surface area (Å²) in [7, 11) is 0. The summed E-state index contributed by atoms with van der Waals surface area (Å²) in [5.74, 6) is 0.736. The lowest BCUT2D eigenvalue weighted by molar-refractivity contribution is 0.477. The SMILES string of the molecule is Oc1ccc(Cl)cc1-c1ccnc2c(-c3nnn[nH]3)csc12. The lowest BCUT2D eigenvalue weighted by atomic mass is 10.0. The van der Waals surface area contributed by atoms with E-state index < -0.39 is 0 Å². The molecule has 3 heterocycles. The zero-order valence-corrected chi connectivity index (χ0v) is 12.6. The molecule has 8 heteroatoms. The molecule has 22 heavy (non-hydrogen) atoms. The second-order valence-corrected chi connectivity index (χ2v) is 5.91. The van der Waals surface area contributed by atoms with Gasteiger partial charge in [-0.25, -0.2) is 5.10 Å². The average molecular weight is 330 g/mol. The molecule has 0 aliphatic heterocycles. The van der Waals surface area contributed by atoms with Crippen LogP contribution in [0, 0.1) is 0 Å². The highest BCUT2D eigenvalue weighted by atomic mass is 35.5. The van der Waals surface area contributed by atoms with E-state index in [0.29, 0.717) is 16.4 Å². The summed E-state index contributed by atoms with van der Waals surface area (Å²) >= 11 is 7.57. The molecule has 4 rings (SSSR count). The third-order valence-electron chi connectivity index (χ3n) is 3.30. The van der Waals surface area contributed by atoms with Crippen molar-refractivity contribution in [2.45, 2.75) is 0 Å². The molecule has 3 aromatic heterocycles. The second kappa shape index (κ2) is 5.04. The number of hydrogen-bond acceptors (Lipinski definition) is 6. The summed E-state index contributed by atoms with van der Waals surface area (Å²) < 4.78 is 0.937. The Balaban J connectivity index is 1.99. The molecule has 1 aromatic carbocycles. The zero-order valence-electron chi connectivity index (χ0n) is 11.0. The third kappa shape index (κ3) is 2.02. The van der Waals surface area contributed by atoms with Crippen molar-refractivity contribution in [2.24, 2.45) is 0 Å². The smallest absolute Gasteiger partial charge is 0.182 e. The van der Waals surface area contributed by atoms with Crippen LogP contribution in [0.4, 0.5) is 0 Å². The van der Waals surface area contributed by atoms with Crippen LogP contribution in [0.2, 0.25) is 5.02 Å². The van der Waals surface area contributed by atoms with E-state index in [4.69, 9.17) is 11.6 Å². The maximum Gasteiger partial charge on any atom is 0.182 e. The van der Waals surface area contributed by atoms with E-state index >= 15 is 0 Å². The number of pyridine rings is 1. The molecule has 0 unspecified atom stereocenters. The highest BCUT2D eigenvalue weighted by molar-refractivity contribution is 7.18. The number of tetrazole rings is 1. The van der Waals surface area contributed by atoms with Crippen LogP contribution >= 0.6 is 22.9 Å². The summed E-state index contributed by atoms with van der Waals surface area (Å²) in [6.45, 7) is 0. The number of aromatic amines is 1. The summed E-state index contributed by atoms with van der Waals surface area (Å²) in [6.07, 6.45) is 1.69. The van der Waals surface area contributed by atoms with Gasteiger partial charge < -0.3 is 5.11 Å². The second-order valence-electron chi connectivity index (χ2n) is 4.60. The number of fused-ring (bicyclic) bond motifs is 1. The average Bonchev–Trinajstić information content (AvgIpc) is 3.17. The van der Waals surface area contributed by atoms with E-state index in [0.717, 1.165) is 21.3 Å². The number of aromatic hydroxyl groups is 1. The van der Waals surface area contributed by atoms with Crippen molar-refractivity contribution in [3.05, 3.63) is 40.9 Å². The summed E-state index contributed by atoms with van der Waals surface area (Å²) in [5, 5.41) is 26.5. The van der Waals surface area contributed by atoms with Gasteiger partial charge in [-0.05, 0) is 34.7 Å². The predicted molar refractivity (Wildman–Crippen MR) is 84.9 cm³/mol. The van der Waals surface area contributed by atoms with E-state index in [-0.39, 0.29) is 5.75 Å². The van der Waals surface area contributed by atoms with Crippen molar-refractivity contribution in [3.63, 3.8) is 0 Å². The van der Waals surface area contributed by atoms with Gasteiger partial charge >= 0.3 is 0 Å². The molecule has 6 nitrogen and oxygen atoms in total. The molecule has 0 spiro atoms. The van der Waals surface area contributed by atoms with Gasteiger partial charge in [0.2, 0.25) is 0 Å². The monoisotopic (exact) mass is 329 g/mol. The van der Waals surface area contributed by atoms with Gasteiger partial charge in [0, 0.05) is 27.7 Å². The van der Waals surface area contributed by atoms with E-state index in [1.165, 1.54) is 11.3 Å². The van der Waals surface area contributed by atoms with Crippen LogP contribution < -0.4 is 0 Å². The molecular formula is C14H8ClN5OS. The number of nitrogens with zero attached hydrogens (tertiary/aromatic N) is 4. The van der Waals surface area contributed by atoms with Crippen LogP contribution in [-0.2, 0) is 0 Å². The number of benzene rings is 1. The molecule has 0 amide bonds. The lowest BCUT2D eigenvalue weighted by Gasteiger charge is -2.06. The molecule has 108 valence electrons. The molecule has 0 saturated heterocycles. The van der Waals surface area contributed by atoms with Gasteiger partial charge in [-0.3, -0.25) is 4.98 Å². The number of thiophene rings is 1. The summed E-state index contributed by atoms with van der Waals surface area (Å²) in [6, 6.07) is 6.82. The first kappa shape index (κ1) is 13.2. The van der Waals surface area contributed by atoms with Gasteiger partial charge in [-0.2, -0.15) is 0 Å². The Bertz CT molecular complexity index is 967. The van der Waals surface area contributed by atoms with Gasteiger partial charge in [0.15, 0.2) is 5.82 Å². The van der Waals surface area contributed by atoms with Crippen LogP contribution in [0.3, 0.4) is 0 Å². The number of nitrogens with one attached hydrogen (secondary N) is 1. The van der Waals surface area contributed by atoms with Gasteiger partial charge in [0.05, 0.1) is 15.8 Å². The maximum atomic E-state index is 10.1. The zero-order chi connectivity index (χ0) is 15.1. The minimum Gasteiger partial charge on any atom is -0.507 e. The Hall–Kier alpha value is -2.51. The van der Waals surface area contributed by atoms with Gasteiger partial charge in [0.1, 0.15) is 5.75 Å². The number of phenolic OH excluding ortho intramolecular Hbond substituents is 1. The number of H-pyrrole nitrogens is 1. The van der Waals surface area contributed by atoms with Crippen molar-refractivity contribution < 1.29 is 5.11 Å². The molecule has 0 aliphatic carbocycles.